The minimum Gasteiger partial charge on any atom is -0.467 e. The Hall–Kier alpha value is -2.57. The van der Waals surface area contributed by atoms with Crippen LogP contribution in [0.5, 0.6) is 0 Å². The van der Waals surface area contributed by atoms with Crippen LogP contribution in [-0.4, -0.2) is 42.8 Å². The Morgan fingerprint density at radius 3 is 2.14 bits per heavy atom. The Bertz CT molecular complexity index is 653. The van der Waals surface area contributed by atoms with Crippen molar-refractivity contribution >= 4 is 18.0 Å². The molecule has 1 aromatic carbocycles. The number of rotatable bonds is 8. The van der Waals surface area contributed by atoms with Crippen LogP contribution in [0, 0.1) is 5.92 Å². The minimum atomic E-state index is -0.846. The van der Waals surface area contributed by atoms with Crippen LogP contribution >= 0.6 is 0 Å². The van der Waals surface area contributed by atoms with E-state index < -0.39 is 35.7 Å². The van der Waals surface area contributed by atoms with E-state index in [0.29, 0.717) is 12.8 Å². The number of esters is 1. The average molecular weight is 392 g/mol. The first-order valence-electron chi connectivity index (χ1n) is 9.45. The number of carbonyl (C=O) groups is 3. The average Bonchev–Trinajstić information content (AvgIpc) is 2.61. The Balaban J connectivity index is 2.89. The molecular weight excluding hydrogens is 360 g/mol. The molecule has 0 saturated carbocycles. The van der Waals surface area contributed by atoms with Gasteiger partial charge in [0.1, 0.15) is 17.7 Å². The molecule has 0 fully saturated rings. The number of aryl methyl sites for hydroxylation is 1. The minimum absolute atomic E-state index is 0.160. The van der Waals surface area contributed by atoms with Crippen molar-refractivity contribution in [3.8, 4) is 0 Å². The van der Waals surface area contributed by atoms with E-state index >= 15 is 0 Å². The SMILES string of the molecule is COC(=O)[C@H](NC(=O)[C@H](CCc1ccccc1)NC(=O)OC(C)(C)C)C(C)C. The molecule has 2 amide bonds. The fourth-order valence-electron chi connectivity index (χ4n) is 2.55. The van der Waals surface area contributed by atoms with E-state index in [1.807, 2.05) is 44.2 Å². The molecule has 7 heteroatoms. The molecule has 1 aromatic rings. The predicted octanol–water partition coefficient (Wildman–Crippen LogP) is 2.83. The summed E-state index contributed by atoms with van der Waals surface area (Å²) in [4.78, 5) is 37.0. The molecular formula is C21H32N2O5. The van der Waals surface area contributed by atoms with Gasteiger partial charge in [-0.05, 0) is 45.1 Å². The van der Waals surface area contributed by atoms with Gasteiger partial charge in [0.05, 0.1) is 7.11 Å². The zero-order chi connectivity index (χ0) is 21.3. The number of benzene rings is 1. The van der Waals surface area contributed by atoms with E-state index in [2.05, 4.69) is 10.6 Å². The highest BCUT2D eigenvalue weighted by Crippen LogP contribution is 2.11. The summed E-state index contributed by atoms with van der Waals surface area (Å²) in [6.45, 7) is 8.86. The number of amides is 2. The van der Waals surface area contributed by atoms with Crippen LogP contribution in [0.3, 0.4) is 0 Å². The Kier molecular flexibility index (Phi) is 8.96. The van der Waals surface area contributed by atoms with E-state index in [-0.39, 0.29) is 5.92 Å². The molecule has 7 nitrogen and oxygen atoms in total. The molecule has 28 heavy (non-hydrogen) atoms. The highest BCUT2D eigenvalue weighted by atomic mass is 16.6. The van der Waals surface area contributed by atoms with Crippen molar-refractivity contribution in [3.05, 3.63) is 35.9 Å². The maximum absolute atomic E-state index is 12.8. The Morgan fingerprint density at radius 1 is 1.04 bits per heavy atom. The summed E-state index contributed by atoms with van der Waals surface area (Å²) in [7, 11) is 1.27. The fraction of sp³-hybridized carbons (Fsp3) is 0.571. The third kappa shape index (κ3) is 8.41. The predicted molar refractivity (Wildman–Crippen MR) is 107 cm³/mol. The summed E-state index contributed by atoms with van der Waals surface area (Å²) in [6.07, 6.45) is 0.264. The Labute approximate surface area is 167 Å². The van der Waals surface area contributed by atoms with Gasteiger partial charge in [0, 0.05) is 0 Å². The summed E-state index contributed by atoms with van der Waals surface area (Å²) in [5, 5.41) is 5.31. The van der Waals surface area contributed by atoms with Gasteiger partial charge in [-0.2, -0.15) is 0 Å². The number of nitrogens with one attached hydrogen (secondary N) is 2. The van der Waals surface area contributed by atoms with Crippen LogP contribution < -0.4 is 10.6 Å². The van der Waals surface area contributed by atoms with Gasteiger partial charge in [-0.1, -0.05) is 44.2 Å². The Morgan fingerprint density at radius 2 is 1.64 bits per heavy atom. The molecule has 0 radical (unpaired) electrons. The molecule has 0 bridgehead atoms. The molecule has 0 unspecified atom stereocenters. The maximum atomic E-state index is 12.8. The molecule has 0 aliphatic heterocycles. The lowest BCUT2D eigenvalue weighted by atomic mass is 10.0. The number of carbonyl (C=O) groups excluding carboxylic acids is 3. The smallest absolute Gasteiger partial charge is 0.408 e. The van der Waals surface area contributed by atoms with E-state index in [1.54, 1.807) is 20.8 Å². The van der Waals surface area contributed by atoms with Gasteiger partial charge in [0.25, 0.3) is 0 Å². The lowest BCUT2D eigenvalue weighted by Crippen LogP contribution is -2.54. The maximum Gasteiger partial charge on any atom is 0.408 e. The quantitative estimate of drug-likeness (QED) is 0.664. The molecule has 0 heterocycles. The zero-order valence-corrected chi connectivity index (χ0v) is 17.6. The van der Waals surface area contributed by atoms with Gasteiger partial charge in [-0.15, -0.1) is 0 Å². The van der Waals surface area contributed by atoms with Crippen LogP contribution in [0.1, 0.15) is 46.6 Å². The lowest BCUT2D eigenvalue weighted by molar-refractivity contribution is -0.146. The fourth-order valence-corrected chi connectivity index (χ4v) is 2.55. The van der Waals surface area contributed by atoms with Crippen molar-refractivity contribution in [2.75, 3.05) is 7.11 Å². The van der Waals surface area contributed by atoms with Gasteiger partial charge < -0.3 is 20.1 Å². The number of alkyl carbamates (subject to hydrolysis) is 1. The van der Waals surface area contributed by atoms with Crippen molar-refractivity contribution in [2.45, 2.75) is 65.1 Å². The van der Waals surface area contributed by atoms with Crippen LogP contribution in [0.25, 0.3) is 0 Å². The second-order valence-corrected chi connectivity index (χ2v) is 7.98. The van der Waals surface area contributed by atoms with Gasteiger partial charge in [-0.3, -0.25) is 4.79 Å². The van der Waals surface area contributed by atoms with Crippen molar-refractivity contribution in [2.24, 2.45) is 5.92 Å². The van der Waals surface area contributed by atoms with Gasteiger partial charge in [-0.25, -0.2) is 9.59 Å². The summed E-state index contributed by atoms with van der Waals surface area (Å²) in [5.41, 5.74) is 0.358. The molecule has 0 aliphatic carbocycles. The number of methoxy groups -OCH3 is 1. The third-order valence-electron chi connectivity index (χ3n) is 3.99. The molecule has 0 saturated heterocycles. The molecule has 0 aliphatic rings. The summed E-state index contributed by atoms with van der Waals surface area (Å²) in [5.74, 6) is -1.14. The second-order valence-electron chi connectivity index (χ2n) is 7.98. The van der Waals surface area contributed by atoms with E-state index in [4.69, 9.17) is 9.47 Å². The summed E-state index contributed by atoms with van der Waals surface area (Å²) < 4.78 is 10.0. The number of hydrogen-bond acceptors (Lipinski definition) is 5. The summed E-state index contributed by atoms with van der Waals surface area (Å²) in [6, 6.07) is 8.01. The molecule has 1 rings (SSSR count). The van der Waals surface area contributed by atoms with Gasteiger partial charge >= 0.3 is 12.1 Å². The van der Waals surface area contributed by atoms with E-state index in [9.17, 15) is 14.4 Å². The third-order valence-corrected chi connectivity index (χ3v) is 3.99. The van der Waals surface area contributed by atoms with Crippen molar-refractivity contribution in [1.29, 1.82) is 0 Å². The molecule has 2 N–H and O–H groups in total. The van der Waals surface area contributed by atoms with Crippen molar-refractivity contribution < 1.29 is 23.9 Å². The van der Waals surface area contributed by atoms with Crippen LogP contribution in [-0.2, 0) is 25.5 Å². The monoisotopic (exact) mass is 392 g/mol. The molecule has 0 aromatic heterocycles. The molecule has 156 valence electrons. The first-order chi connectivity index (χ1) is 13.0. The first-order valence-corrected chi connectivity index (χ1v) is 9.45. The standard InChI is InChI=1S/C21H32N2O5/c1-14(2)17(19(25)27-6)23-18(24)16(22-20(26)28-21(3,4)5)13-12-15-10-8-7-9-11-15/h7-11,14,16-17H,12-13H2,1-6H3,(H,22,26)(H,23,24)/t16-,17+/m0/s1. The normalized spacial score (nSPS) is 13.4. The number of ether oxygens (including phenoxy) is 2. The lowest BCUT2D eigenvalue weighted by Gasteiger charge is -2.26. The van der Waals surface area contributed by atoms with Gasteiger partial charge in [0.15, 0.2) is 0 Å². The highest BCUT2D eigenvalue weighted by Gasteiger charge is 2.30. The van der Waals surface area contributed by atoms with Crippen molar-refractivity contribution in [3.63, 3.8) is 0 Å². The van der Waals surface area contributed by atoms with Gasteiger partial charge in [0.2, 0.25) is 5.91 Å². The second kappa shape index (κ2) is 10.7. The molecule has 0 spiro atoms. The largest absolute Gasteiger partial charge is 0.467 e. The van der Waals surface area contributed by atoms with E-state index in [1.165, 1.54) is 7.11 Å². The van der Waals surface area contributed by atoms with Crippen LogP contribution in [0.15, 0.2) is 30.3 Å². The molecule has 2 atom stereocenters. The zero-order valence-electron chi connectivity index (χ0n) is 17.6. The van der Waals surface area contributed by atoms with Crippen LogP contribution in [0.4, 0.5) is 4.79 Å². The van der Waals surface area contributed by atoms with Crippen molar-refractivity contribution in [1.82, 2.24) is 10.6 Å². The highest BCUT2D eigenvalue weighted by molar-refractivity contribution is 5.89. The van der Waals surface area contributed by atoms with Crippen LogP contribution in [0.2, 0.25) is 0 Å². The number of hydrogen-bond donors (Lipinski definition) is 2. The topological polar surface area (TPSA) is 93.7 Å². The first kappa shape index (κ1) is 23.5. The van der Waals surface area contributed by atoms with E-state index in [0.717, 1.165) is 5.56 Å². The summed E-state index contributed by atoms with van der Waals surface area (Å²) >= 11 is 0.